The molecule has 0 bridgehead atoms. The third-order valence-corrected chi connectivity index (χ3v) is 2.76. The molecule has 0 spiro atoms. The predicted octanol–water partition coefficient (Wildman–Crippen LogP) is -0.719. The Morgan fingerprint density at radius 3 is 2.15 bits per heavy atom. The van der Waals surface area contributed by atoms with Gasteiger partial charge in [0.25, 0.3) is 11.4 Å². The first-order chi connectivity index (χ1) is 9.41. The zero-order valence-electron chi connectivity index (χ0n) is 10.6. The van der Waals surface area contributed by atoms with Crippen LogP contribution in [-0.2, 0) is 0 Å². The standard InChI is InChI=1S/C6H4N2O5.C5H11NO/c9-6-2-1-4(7(10)11)3-5(6)8(12)13;7-5-1-3-6-4-2-5/h1-3,9H;5-7H,1-4H2. The average Bonchev–Trinajstić information content (AvgIpc) is 2.40. The number of nitrogens with zero attached hydrogens (tertiary/aromatic N) is 2. The molecule has 2 rings (SSSR count). The van der Waals surface area contributed by atoms with Gasteiger partial charge in [-0.25, -0.2) is 0 Å². The molecule has 0 aliphatic carbocycles. The Labute approximate surface area is 114 Å². The fourth-order valence-corrected chi connectivity index (χ4v) is 1.67. The Hall–Kier alpha value is -2.26. The van der Waals surface area contributed by atoms with Gasteiger partial charge in [-0.15, -0.1) is 0 Å². The highest BCUT2D eigenvalue weighted by Gasteiger charge is 2.13. The van der Waals surface area contributed by atoms with Crippen LogP contribution in [-0.4, -0.2) is 34.1 Å². The normalized spacial score (nSPS) is 15.1. The molecule has 3 N–H and O–H groups in total. The minimum Gasteiger partial charge on any atom is -0.868 e. The molecule has 0 unspecified atom stereocenters. The van der Waals surface area contributed by atoms with Crippen molar-refractivity contribution in [3.8, 4) is 5.75 Å². The molecule has 20 heavy (non-hydrogen) atoms. The molecule has 1 aromatic rings. The van der Waals surface area contributed by atoms with Crippen LogP contribution in [0.25, 0.3) is 0 Å². The summed E-state index contributed by atoms with van der Waals surface area (Å²) >= 11 is 0. The molecule has 9 heteroatoms. The molecule has 0 radical (unpaired) electrons. The molecule has 0 atom stereocenters. The van der Waals surface area contributed by atoms with Crippen LogP contribution in [0.15, 0.2) is 18.2 Å². The van der Waals surface area contributed by atoms with E-state index in [2.05, 4.69) is 5.32 Å². The first kappa shape index (κ1) is 15.8. The van der Waals surface area contributed by atoms with Gasteiger partial charge in [0.15, 0.2) is 0 Å². The highest BCUT2D eigenvalue weighted by molar-refractivity contribution is 5.51. The van der Waals surface area contributed by atoms with Gasteiger partial charge in [0.2, 0.25) is 0 Å². The van der Waals surface area contributed by atoms with Crippen molar-refractivity contribution in [3.63, 3.8) is 0 Å². The topological polar surface area (TPSA) is 146 Å². The number of hydrogen-bond donors (Lipinski definition) is 2. The summed E-state index contributed by atoms with van der Waals surface area (Å²) in [6, 6.07) is 2.37. The summed E-state index contributed by atoms with van der Waals surface area (Å²) in [5, 5.41) is 42.3. The van der Waals surface area contributed by atoms with Gasteiger partial charge < -0.3 is 15.5 Å². The van der Waals surface area contributed by atoms with Crippen molar-refractivity contribution in [2.24, 2.45) is 0 Å². The molecule has 9 nitrogen and oxygen atoms in total. The summed E-state index contributed by atoms with van der Waals surface area (Å²) in [4.78, 5) is 18.6. The van der Waals surface area contributed by atoms with Crippen LogP contribution < -0.4 is 10.4 Å². The lowest BCUT2D eigenvalue weighted by atomic mass is 10.1. The van der Waals surface area contributed by atoms with Gasteiger partial charge in [0.1, 0.15) is 0 Å². The van der Waals surface area contributed by atoms with Crippen LogP contribution in [0.2, 0.25) is 0 Å². The van der Waals surface area contributed by atoms with E-state index in [4.69, 9.17) is 5.11 Å². The third-order valence-electron chi connectivity index (χ3n) is 2.76. The van der Waals surface area contributed by atoms with E-state index in [9.17, 15) is 25.3 Å². The van der Waals surface area contributed by atoms with Crippen molar-refractivity contribution in [2.75, 3.05) is 13.1 Å². The van der Waals surface area contributed by atoms with Gasteiger partial charge in [-0.1, -0.05) is 6.07 Å². The summed E-state index contributed by atoms with van der Waals surface area (Å²) < 4.78 is 0. The van der Waals surface area contributed by atoms with Gasteiger partial charge in [0.05, 0.1) is 35.1 Å². The minimum atomic E-state index is -0.949. The first-order valence-electron chi connectivity index (χ1n) is 6.01. The molecule has 1 aromatic carbocycles. The maximum atomic E-state index is 10.8. The van der Waals surface area contributed by atoms with Crippen molar-refractivity contribution in [2.45, 2.75) is 18.9 Å². The smallest absolute Gasteiger partial charge is 0.276 e. The first-order valence-corrected chi connectivity index (χ1v) is 6.01. The van der Waals surface area contributed by atoms with E-state index in [1.54, 1.807) is 0 Å². The van der Waals surface area contributed by atoms with E-state index < -0.39 is 27.0 Å². The van der Waals surface area contributed by atoms with E-state index in [1.165, 1.54) is 0 Å². The third kappa shape index (κ3) is 4.78. The van der Waals surface area contributed by atoms with Crippen LogP contribution in [0.5, 0.6) is 5.75 Å². The summed E-state index contributed by atoms with van der Waals surface area (Å²) in [7, 11) is 0. The summed E-state index contributed by atoms with van der Waals surface area (Å²) in [5.74, 6) is -0.837. The summed E-state index contributed by atoms with van der Waals surface area (Å²) in [6.07, 6.45) is 1.98. The van der Waals surface area contributed by atoms with Crippen molar-refractivity contribution < 1.29 is 25.4 Å². The fourth-order valence-electron chi connectivity index (χ4n) is 1.67. The molecule has 1 heterocycles. The number of non-ortho nitro benzene ring substituents is 1. The highest BCUT2D eigenvalue weighted by atomic mass is 16.6. The van der Waals surface area contributed by atoms with Crippen molar-refractivity contribution in [1.82, 2.24) is 0 Å². The number of hydrogen-bond acceptors (Lipinski definition) is 6. The molecule has 1 fully saturated rings. The number of quaternary nitrogens is 1. The lowest BCUT2D eigenvalue weighted by Gasteiger charge is -2.13. The Balaban J connectivity index is 0.000000240. The SMILES string of the molecule is O=[N+]([O-])c1ccc([O-])c([N+](=O)[O-])c1.OC1CC[NH2+]CC1. The number of nitro groups is 2. The number of rotatable bonds is 2. The molecule has 110 valence electrons. The van der Waals surface area contributed by atoms with Gasteiger partial charge in [-0.3, -0.25) is 20.2 Å². The Morgan fingerprint density at radius 2 is 1.75 bits per heavy atom. The van der Waals surface area contributed by atoms with Crippen LogP contribution in [0.3, 0.4) is 0 Å². The van der Waals surface area contributed by atoms with Gasteiger partial charge in [0, 0.05) is 18.9 Å². The molecular weight excluding hydrogens is 270 g/mol. The maximum absolute atomic E-state index is 10.8. The number of piperidine rings is 1. The molecule has 0 amide bonds. The number of nitro benzene ring substituents is 2. The van der Waals surface area contributed by atoms with Crippen LogP contribution >= 0.6 is 0 Å². The highest BCUT2D eigenvalue weighted by Crippen LogP contribution is 2.27. The van der Waals surface area contributed by atoms with Crippen molar-refractivity contribution in [3.05, 3.63) is 38.4 Å². The van der Waals surface area contributed by atoms with E-state index in [0.29, 0.717) is 6.07 Å². The van der Waals surface area contributed by atoms with Gasteiger partial charge in [-0.2, -0.15) is 0 Å². The lowest BCUT2D eigenvalue weighted by molar-refractivity contribution is -0.665. The second-order valence-corrected chi connectivity index (χ2v) is 4.26. The lowest BCUT2D eigenvalue weighted by Crippen LogP contribution is -2.86. The largest absolute Gasteiger partial charge is 0.868 e. The maximum Gasteiger partial charge on any atom is 0.276 e. The summed E-state index contributed by atoms with van der Waals surface area (Å²) in [5.41, 5.74) is -1.25. The van der Waals surface area contributed by atoms with E-state index >= 15 is 0 Å². The van der Waals surface area contributed by atoms with E-state index in [1.807, 2.05) is 0 Å². The fraction of sp³-hybridized carbons (Fsp3) is 0.455. The van der Waals surface area contributed by atoms with Crippen LogP contribution in [0.4, 0.5) is 11.4 Å². The second-order valence-electron chi connectivity index (χ2n) is 4.26. The van der Waals surface area contributed by atoms with Crippen LogP contribution in [0, 0.1) is 20.2 Å². The second kappa shape index (κ2) is 7.36. The van der Waals surface area contributed by atoms with Crippen molar-refractivity contribution >= 4 is 11.4 Å². The number of aliphatic hydroxyl groups is 1. The average molecular weight is 285 g/mol. The van der Waals surface area contributed by atoms with E-state index in [-0.39, 0.29) is 6.10 Å². The Morgan fingerprint density at radius 1 is 1.15 bits per heavy atom. The van der Waals surface area contributed by atoms with E-state index in [0.717, 1.165) is 38.1 Å². The zero-order chi connectivity index (χ0) is 15.1. The molecular formula is C11H15N3O6. The monoisotopic (exact) mass is 285 g/mol. The molecule has 0 saturated carbocycles. The van der Waals surface area contributed by atoms with Gasteiger partial charge in [-0.05, 0) is 5.75 Å². The Bertz CT molecular complexity index is 487. The summed E-state index contributed by atoms with van der Waals surface area (Å²) in [6.45, 7) is 2.22. The molecule has 0 aromatic heterocycles. The number of nitrogens with two attached hydrogens (primary N) is 1. The van der Waals surface area contributed by atoms with Gasteiger partial charge >= 0.3 is 0 Å². The minimum absolute atomic E-state index is 0.00463. The van der Waals surface area contributed by atoms with Crippen LogP contribution in [0.1, 0.15) is 12.8 Å². The predicted molar refractivity (Wildman–Crippen MR) is 66.1 cm³/mol. The molecule has 1 saturated heterocycles. The zero-order valence-corrected chi connectivity index (χ0v) is 10.6. The molecule has 1 aliphatic heterocycles. The quantitative estimate of drug-likeness (QED) is 0.541. The number of benzene rings is 1. The Kier molecular flexibility index (Phi) is 5.81. The number of aliphatic hydroxyl groups excluding tert-OH is 1. The molecule has 1 aliphatic rings. The van der Waals surface area contributed by atoms with Crippen molar-refractivity contribution in [1.29, 1.82) is 0 Å².